The normalized spacial score (nSPS) is 30.7. The molecule has 0 aliphatic heterocycles. The summed E-state index contributed by atoms with van der Waals surface area (Å²) >= 11 is 0. The Morgan fingerprint density at radius 1 is 1.50 bits per heavy atom. The molecule has 1 aliphatic carbocycles. The lowest BCUT2D eigenvalue weighted by Crippen LogP contribution is -2.01. The van der Waals surface area contributed by atoms with Crippen molar-refractivity contribution in [3.63, 3.8) is 0 Å². The molecule has 0 radical (unpaired) electrons. The zero-order valence-corrected chi connectivity index (χ0v) is 5.84. The summed E-state index contributed by atoms with van der Waals surface area (Å²) in [6.45, 7) is 0. The molecular weight excluding hydrogens is 124 g/mol. The summed E-state index contributed by atoms with van der Waals surface area (Å²) < 4.78 is 0. The van der Waals surface area contributed by atoms with Crippen LogP contribution in [0.1, 0.15) is 19.3 Å². The third kappa shape index (κ3) is 1.29. The van der Waals surface area contributed by atoms with Crippen molar-refractivity contribution in [3.05, 3.63) is 6.08 Å². The summed E-state index contributed by atoms with van der Waals surface area (Å²) in [5.74, 6) is 5.09. The molecule has 0 aromatic heterocycles. The van der Waals surface area contributed by atoms with E-state index in [2.05, 4.69) is 5.92 Å². The molecule has 0 amide bonds. The second-order valence-corrected chi connectivity index (χ2v) is 2.65. The largest absolute Gasteiger partial charge is 0.234 e. The molecule has 1 saturated carbocycles. The van der Waals surface area contributed by atoms with Crippen LogP contribution in [0.4, 0.5) is 0 Å². The Morgan fingerprint density at radius 2 is 2.30 bits per heavy atom. The number of rotatable bonds is 1. The van der Waals surface area contributed by atoms with E-state index in [9.17, 15) is 4.79 Å². The molecule has 2 atom stereocenters. The molecule has 0 N–H and O–H groups in total. The van der Waals surface area contributed by atoms with Gasteiger partial charge >= 0.3 is 0 Å². The van der Waals surface area contributed by atoms with Crippen molar-refractivity contribution in [2.75, 3.05) is 0 Å². The third-order valence-electron chi connectivity index (χ3n) is 2.07. The summed E-state index contributed by atoms with van der Waals surface area (Å²) in [7, 11) is 0. The van der Waals surface area contributed by atoms with E-state index >= 15 is 0 Å². The first-order chi connectivity index (χ1) is 4.88. The molecule has 52 valence electrons. The van der Waals surface area contributed by atoms with Crippen LogP contribution >= 0.6 is 0 Å². The number of hydrogen-bond acceptors (Lipinski definition) is 1. The van der Waals surface area contributed by atoms with Crippen molar-refractivity contribution in [2.45, 2.75) is 19.3 Å². The number of hydrogen-bond donors (Lipinski definition) is 0. The van der Waals surface area contributed by atoms with E-state index < -0.39 is 0 Å². The first kappa shape index (κ1) is 7.12. The average molecular weight is 134 g/mol. The molecule has 0 saturated heterocycles. The van der Waals surface area contributed by atoms with Gasteiger partial charge in [0.15, 0.2) is 0 Å². The minimum Gasteiger partial charge on any atom is -0.234 e. The van der Waals surface area contributed by atoms with Gasteiger partial charge in [0.05, 0.1) is 0 Å². The Balaban J connectivity index is 2.60. The highest BCUT2D eigenvalue weighted by Crippen LogP contribution is 2.31. The second-order valence-electron chi connectivity index (χ2n) is 2.65. The van der Waals surface area contributed by atoms with Crippen LogP contribution < -0.4 is 0 Å². The Morgan fingerprint density at radius 3 is 2.90 bits per heavy atom. The van der Waals surface area contributed by atoms with Crippen LogP contribution in [0, 0.1) is 24.2 Å². The van der Waals surface area contributed by atoms with Crippen molar-refractivity contribution in [1.29, 1.82) is 0 Å². The van der Waals surface area contributed by atoms with Crippen molar-refractivity contribution in [1.82, 2.24) is 0 Å². The van der Waals surface area contributed by atoms with Gasteiger partial charge in [-0.15, -0.1) is 12.3 Å². The van der Waals surface area contributed by atoms with E-state index in [-0.39, 0.29) is 0 Å². The Hall–Kier alpha value is -0.990. The van der Waals surface area contributed by atoms with Crippen LogP contribution in [-0.2, 0) is 4.79 Å². The van der Waals surface area contributed by atoms with Crippen LogP contribution in [-0.4, -0.2) is 5.94 Å². The third-order valence-corrected chi connectivity index (χ3v) is 2.07. The lowest BCUT2D eigenvalue weighted by Gasteiger charge is -2.05. The number of terminal acetylenes is 1. The van der Waals surface area contributed by atoms with E-state index in [0.29, 0.717) is 11.8 Å². The van der Waals surface area contributed by atoms with Gasteiger partial charge in [-0.25, -0.2) is 4.79 Å². The topological polar surface area (TPSA) is 17.1 Å². The summed E-state index contributed by atoms with van der Waals surface area (Å²) in [4.78, 5) is 9.97. The zero-order valence-electron chi connectivity index (χ0n) is 5.84. The fourth-order valence-electron chi connectivity index (χ4n) is 1.48. The molecule has 1 rings (SSSR count). The van der Waals surface area contributed by atoms with Gasteiger partial charge in [0, 0.05) is 17.9 Å². The van der Waals surface area contributed by atoms with Crippen LogP contribution in [0.5, 0.6) is 0 Å². The first-order valence-corrected chi connectivity index (χ1v) is 3.55. The molecule has 1 fully saturated rings. The van der Waals surface area contributed by atoms with Crippen LogP contribution in [0.15, 0.2) is 6.08 Å². The van der Waals surface area contributed by atoms with Gasteiger partial charge in [0.25, 0.3) is 0 Å². The summed E-state index contributed by atoms with van der Waals surface area (Å²) in [5.41, 5.74) is 0. The molecular formula is C9H10O. The second kappa shape index (κ2) is 3.25. The van der Waals surface area contributed by atoms with Gasteiger partial charge in [0.1, 0.15) is 5.94 Å². The predicted molar refractivity (Wildman–Crippen MR) is 39.9 cm³/mol. The van der Waals surface area contributed by atoms with Gasteiger partial charge in [-0.2, -0.15) is 0 Å². The first-order valence-electron chi connectivity index (χ1n) is 3.55. The smallest absolute Gasteiger partial charge is 0.120 e. The zero-order chi connectivity index (χ0) is 7.40. The van der Waals surface area contributed by atoms with Gasteiger partial charge in [-0.3, -0.25) is 0 Å². The molecule has 1 nitrogen and oxygen atoms in total. The standard InChI is InChI=1S/C9H10O/c1-2-8-4-3-5-9(8)6-7-10/h1,6,8-9H,3-5H2. The van der Waals surface area contributed by atoms with E-state index in [4.69, 9.17) is 6.42 Å². The Kier molecular flexibility index (Phi) is 2.31. The van der Waals surface area contributed by atoms with Crippen LogP contribution in [0.3, 0.4) is 0 Å². The fraction of sp³-hybridized carbons (Fsp3) is 0.556. The van der Waals surface area contributed by atoms with Gasteiger partial charge in [-0.1, -0.05) is 6.42 Å². The average Bonchev–Trinajstić information content (AvgIpc) is 2.36. The molecule has 1 aliphatic rings. The molecule has 0 heterocycles. The highest BCUT2D eigenvalue weighted by atomic mass is 16.1. The van der Waals surface area contributed by atoms with E-state index in [0.717, 1.165) is 19.3 Å². The van der Waals surface area contributed by atoms with Crippen molar-refractivity contribution in [2.24, 2.45) is 11.8 Å². The summed E-state index contributed by atoms with van der Waals surface area (Å²) in [6, 6.07) is 0. The SMILES string of the molecule is C#CC1CCCC1C=C=O. The summed E-state index contributed by atoms with van der Waals surface area (Å²) in [6.07, 6.45) is 10.1. The summed E-state index contributed by atoms with van der Waals surface area (Å²) in [5, 5.41) is 0. The number of allylic oxidation sites excluding steroid dienone is 1. The highest BCUT2D eigenvalue weighted by molar-refractivity contribution is 5.46. The van der Waals surface area contributed by atoms with E-state index in [1.165, 1.54) is 0 Å². The molecule has 10 heavy (non-hydrogen) atoms. The quantitative estimate of drug-likeness (QED) is 0.391. The molecule has 1 heteroatoms. The fourth-order valence-corrected chi connectivity index (χ4v) is 1.48. The highest BCUT2D eigenvalue weighted by Gasteiger charge is 2.23. The van der Waals surface area contributed by atoms with Crippen LogP contribution in [0.25, 0.3) is 0 Å². The molecule has 0 aromatic carbocycles. The Bertz CT molecular complexity index is 193. The van der Waals surface area contributed by atoms with Gasteiger partial charge < -0.3 is 0 Å². The van der Waals surface area contributed by atoms with Gasteiger partial charge in [0.2, 0.25) is 0 Å². The minimum absolute atomic E-state index is 0.293. The maximum Gasteiger partial charge on any atom is 0.120 e. The maximum atomic E-state index is 9.97. The monoisotopic (exact) mass is 134 g/mol. The van der Waals surface area contributed by atoms with E-state index in [1.807, 2.05) is 0 Å². The van der Waals surface area contributed by atoms with Crippen molar-refractivity contribution in [3.8, 4) is 12.3 Å². The molecule has 2 unspecified atom stereocenters. The van der Waals surface area contributed by atoms with E-state index in [1.54, 1.807) is 12.0 Å². The molecule has 0 spiro atoms. The van der Waals surface area contributed by atoms with Crippen molar-refractivity contribution >= 4 is 5.94 Å². The lowest BCUT2D eigenvalue weighted by molar-refractivity contribution is 0.550. The van der Waals surface area contributed by atoms with Crippen LogP contribution in [0.2, 0.25) is 0 Å². The van der Waals surface area contributed by atoms with Crippen molar-refractivity contribution < 1.29 is 4.79 Å². The Labute approximate surface area is 61.1 Å². The predicted octanol–water partition coefficient (Wildman–Crippen LogP) is 1.42. The minimum atomic E-state index is 0.293. The molecule has 0 bridgehead atoms. The maximum absolute atomic E-state index is 9.97. The lowest BCUT2D eigenvalue weighted by atomic mass is 9.97. The number of carbonyl (C=O) groups excluding carboxylic acids is 1. The molecule has 0 aromatic rings. The van der Waals surface area contributed by atoms with Gasteiger partial charge in [-0.05, 0) is 12.8 Å².